The van der Waals surface area contributed by atoms with E-state index < -0.39 is 0 Å². The van der Waals surface area contributed by atoms with Crippen LogP contribution in [0.1, 0.15) is 29.1 Å². The Bertz CT molecular complexity index is 552. The van der Waals surface area contributed by atoms with Crippen LogP contribution in [0.3, 0.4) is 0 Å². The van der Waals surface area contributed by atoms with Gasteiger partial charge in [-0.05, 0) is 53.2 Å². The molecule has 0 fully saturated rings. The van der Waals surface area contributed by atoms with Crippen molar-refractivity contribution in [1.82, 2.24) is 5.32 Å². The summed E-state index contributed by atoms with van der Waals surface area (Å²) in [6, 6.07) is 8.51. The summed E-state index contributed by atoms with van der Waals surface area (Å²) in [4.78, 5) is 12.0. The molecule has 1 atom stereocenters. The molecule has 0 bridgehead atoms. The van der Waals surface area contributed by atoms with Gasteiger partial charge in [0.1, 0.15) is 5.76 Å². The fourth-order valence-corrected chi connectivity index (χ4v) is 1.94. The average Bonchev–Trinajstić information content (AvgIpc) is 2.86. The number of hydrogen-bond donors (Lipinski definition) is 2. The van der Waals surface area contributed by atoms with Gasteiger partial charge in [0.05, 0.1) is 12.3 Å². The zero-order valence-corrected chi connectivity index (χ0v) is 11.4. The lowest BCUT2D eigenvalue weighted by molar-refractivity contribution is 0.0935. The molecule has 1 amide bonds. The van der Waals surface area contributed by atoms with Gasteiger partial charge in [0.2, 0.25) is 0 Å². The van der Waals surface area contributed by atoms with Gasteiger partial charge in [-0.1, -0.05) is 0 Å². The summed E-state index contributed by atoms with van der Waals surface area (Å²) in [5.74, 6) is 0.553. The molecule has 0 spiro atoms. The Balaban J connectivity index is 2.10. The third-order valence-corrected chi connectivity index (χ3v) is 3.27. The lowest BCUT2D eigenvalue weighted by Gasteiger charge is -2.11. The van der Waals surface area contributed by atoms with Crippen molar-refractivity contribution in [1.29, 1.82) is 0 Å². The molecule has 0 aliphatic heterocycles. The molecule has 0 saturated carbocycles. The molecule has 0 aliphatic carbocycles. The number of carbonyl (C=O) groups excluding carboxylic acids is 1. The van der Waals surface area contributed by atoms with Crippen LogP contribution in [-0.4, -0.2) is 5.91 Å². The standard InChI is InChI=1S/C13H13BrN2O2/c1-8(12-3-2-6-18-12)16-13(17)9-4-5-11(15)10(14)7-9/h2-8H,15H2,1H3,(H,16,17)/t8-/m0/s1. The molecule has 2 rings (SSSR count). The molecule has 4 nitrogen and oxygen atoms in total. The molecule has 3 N–H and O–H groups in total. The Kier molecular flexibility index (Phi) is 3.72. The van der Waals surface area contributed by atoms with Crippen LogP contribution in [0.25, 0.3) is 0 Å². The van der Waals surface area contributed by atoms with Crippen molar-refractivity contribution in [3.8, 4) is 0 Å². The first-order chi connectivity index (χ1) is 8.58. The highest BCUT2D eigenvalue weighted by molar-refractivity contribution is 9.10. The molecular formula is C13H13BrN2O2. The smallest absolute Gasteiger partial charge is 0.251 e. The van der Waals surface area contributed by atoms with Crippen molar-refractivity contribution in [2.75, 3.05) is 5.73 Å². The molecule has 1 aromatic carbocycles. The van der Waals surface area contributed by atoms with E-state index in [1.165, 1.54) is 0 Å². The van der Waals surface area contributed by atoms with E-state index >= 15 is 0 Å². The van der Waals surface area contributed by atoms with Crippen molar-refractivity contribution in [2.24, 2.45) is 0 Å². The van der Waals surface area contributed by atoms with E-state index in [1.54, 1.807) is 30.5 Å². The number of carbonyl (C=O) groups is 1. The van der Waals surface area contributed by atoms with Gasteiger partial charge in [0, 0.05) is 15.7 Å². The molecular weight excluding hydrogens is 296 g/mol. The highest BCUT2D eigenvalue weighted by atomic mass is 79.9. The maximum atomic E-state index is 12.0. The van der Waals surface area contributed by atoms with Crippen LogP contribution >= 0.6 is 15.9 Å². The second kappa shape index (κ2) is 5.27. The van der Waals surface area contributed by atoms with Crippen molar-refractivity contribution in [2.45, 2.75) is 13.0 Å². The first-order valence-corrected chi connectivity index (χ1v) is 6.26. The molecule has 0 radical (unpaired) electrons. The fourth-order valence-electron chi connectivity index (χ4n) is 1.56. The van der Waals surface area contributed by atoms with Gasteiger partial charge in [-0.25, -0.2) is 0 Å². The number of nitrogen functional groups attached to an aromatic ring is 1. The third-order valence-electron chi connectivity index (χ3n) is 2.58. The minimum atomic E-state index is -0.177. The van der Waals surface area contributed by atoms with E-state index in [-0.39, 0.29) is 11.9 Å². The van der Waals surface area contributed by atoms with Crippen molar-refractivity contribution in [3.05, 3.63) is 52.4 Å². The minimum absolute atomic E-state index is 0.167. The van der Waals surface area contributed by atoms with Gasteiger partial charge < -0.3 is 15.5 Å². The first-order valence-electron chi connectivity index (χ1n) is 5.47. The highest BCUT2D eigenvalue weighted by Gasteiger charge is 2.13. The van der Waals surface area contributed by atoms with Gasteiger partial charge in [-0.15, -0.1) is 0 Å². The van der Waals surface area contributed by atoms with E-state index in [0.29, 0.717) is 15.7 Å². The van der Waals surface area contributed by atoms with Crippen LogP contribution in [0.4, 0.5) is 5.69 Å². The van der Waals surface area contributed by atoms with Crippen LogP contribution in [0.15, 0.2) is 45.5 Å². The summed E-state index contributed by atoms with van der Waals surface area (Å²) in [6.07, 6.45) is 1.58. The molecule has 18 heavy (non-hydrogen) atoms. The summed E-state index contributed by atoms with van der Waals surface area (Å²) >= 11 is 3.30. The Morgan fingerprint density at radius 3 is 2.83 bits per heavy atom. The van der Waals surface area contributed by atoms with E-state index in [1.807, 2.05) is 13.0 Å². The SMILES string of the molecule is C[C@H](NC(=O)c1ccc(N)c(Br)c1)c1ccco1. The maximum absolute atomic E-state index is 12.0. The number of benzene rings is 1. The molecule has 1 heterocycles. The van der Waals surface area contributed by atoms with Gasteiger partial charge in [-0.2, -0.15) is 0 Å². The number of furan rings is 1. The summed E-state index contributed by atoms with van der Waals surface area (Å²) in [6.45, 7) is 1.86. The molecule has 1 aromatic heterocycles. The Morgan fingerprint density at radius 2 is 2.22 bits per heavy atom. The van der Waals surface area contributed by atoms with Crippen molar-refractivity contribution in [3.63, 3.8) is 0 Å². The van der Waals surface area contributed by atoms with Crippen LogP contribution in [0.2, 0.25) is 0 Å². The van der Waals surface area contributed by atoms with Crippen LogP contribution in [0.5, 0.6) is 0 Å². The second-order valence-electron chi connectivity index (χ2n) is 3.95. The largest absolute Gasteiger partial charge is 0.467 e. The number of nitrogens with one attached hydrogen (secondary N) is 1. The Labute approximate surface area is 113 Å². The lowest BCUT2D eigenvalue weighted by atomic mass is 10.1. The van der Waals surface area contributed by atoms with Crippen LogP contribution < -0.4 is 11.1 Å². The van der Waals surface area contributed by atoms with Gasteiger partial charge in [0.15, 0.2) is 0 Å². The van der Waals surface area contributed by atoms with E-state index in [2.05, 4.69) is 21.2 Å². The monoisotopic (exact) mass is 308 g/mol. The Morgan fingerprint density at radius 1 is 1.44 bits per heavy atom. The van der Waals surface area contributed by atoms with Gasteiger partial charge >= 0.3 is 0 Å². The predicted octanol–water partition coefficient (Wildman–Crippen LogP) is 3.12. The number of hydrogen-bond acceptors (Lipinski definition) is 3. The number of halogens is 1. The summed E-state index contributed by atoms with van der Waals surface area (Å²) < 4.78 is 5.94. The van der Waals surface area contributed by atoms with E-state index in [9.17, 15) is 4.79 Å². The zero-order valence-electron chi connectivity index (χ0n) is 9.81. The molecule has 5 heteroatoms. The lowest BCUT2D eigenvalue weighted by Crippen LogP contribution is -2.26. The second-order valence-corrected chi connectivity index (χ2v) is 4.80. The normalized spacial score (nSPS) is 12.1. The van der Waals surface area contributed by atoms with Crippen molar-refractivity contribution >= 4 is 27.5 Å². The van der Waals surface area contributed by atoms with Gasteiger partial charge in [-0.3, -0.25) is 4.79 Å². The summed E-state index contributed by atoms with van der Waals surface area (Å²) in [5, 5.41) is 2.85. The number of nitrogens with two attached hydrogens (primary N) is 1. The number of amides is 1. The fraction of sp³-hybridized carbons (Fsp3) is 0.154. The minimum Gasteiger partial charge on any atom is -0.467 e. The number of rotatable bonds is 3. The third kappa shape index (κ3) is 2.73. The summed E-state index contributed by atoms with van der Waals surface area (Å²) in [5.41, 5.74) is 6.83. The topological polar surface area (TPSA) is 68.3 Å². The molecule has 0 unspecified atom stereocenters. The van der Waals surface area contributed by atoms with Gasteiger partial charge in [0.25, 0.3) is 5.91 Å². The van der Waals surface area contributed by atoms with Crippen molar-refractivity contribution < 1.29 is 9.21 Å². The molecule has 94 valence electrons. The highest BCUT2D eigenvalue weighted by Crippen LogP contribution is 2.21. The molecule has 0 saturated heterocycles. The zero-order chi connectivity index (χ0) is 13.1. The van der Waals surface area contributed by atoms with E-state index in [0.717, 1.165) is 5.76 Å². The number of anilines is 1. The predicted molar refractivity (Wildman–Crippen MR) is 73.1 cm³/mol. The maximum Gasteiger partial charge on any atom is 0.251 e. The van der Waals surface area contributed by atoms with E-state index in [4.69, 9.17) is 10.2 Å². The van der Waals surface area contributed by atoms with Crippen LogP contribution in [-0.2, 0) is 0 Å². The molecule has 2 aromatic rings. The quantitative estimate of drug-likeness (QED) is 0.856. The first kappa shape index (κ1) is 12.7. The Hall–Kier alpha value is -1.75. The summed E-state index contributed by atoms with van der Waals surface area (Å²) in [7, 11) is 0. The van der Waals surface area contributed by atoms with Crippen LogP contribution in [0, 0.1) is 0 Å². The average molecular weight is 309 g/mol. The molecule has 0 aliphatic rings.